The van der Waals surface area contributed by atoms with Gasteiger partial charge in [0.1, 0.15) is 0 Å². The van der Waals surface area contributed by atoms with E-state index >= 15 is 0 Å². The van der Waals surface area contributed by atoms with Crippen molar-refractivity contribution in [2.24, 2.45) is 0 Å². The second-order valence-corrected chi connectivity index (χ2v) is 4.88. The van der Waals surface area contributed by atoms with Crippen LogP contribution in [0.4, 0.5) is 0 Å². The molecule has 20 heavy (non-hydrogen) atoms. The van der Waals surface area contributed by atoms with E-state index in [2.05, 4.69) is 0 Å². The maximum absolute atomic E-state index is 10.1. The minimum Gasteiger partial charge on any atom is -0.504 e. The van der Waals surface area contributed by atoms with E-state index in [-0.39, 0.29) is 23.0 Å². The normalized spacial score (nSPS) is 11.8. The minimum absolute atomic E-state index is 0.222. The average Bonchev–Trinajstić information content (AvgIpc) is 2.47. The molecule has 0 aliphatic carbocycles. The van der Waals surface area contributed by atoms with Crippen LogP contribution in [0.3, 0.4) is 0 Å². The summed E-state index contributed by atoms with van der Waals surface area (Å²) in [7, 11) is 0. The van der Waals surface area contributed by atoms with Gasteiger partial charge in [-0.15, -0.1) is 0 Å². The van der Waals surface area contributed by atoms with Crippen LogP contribution < -0.4 is 0 Å². The molecule has 4 aromatic carbocycles. The lowest BCUT2D eigenvalue weighted by Gasteiger charge is -2.15. The summed E-state index contributed by atoms with van der Waals surface area (Å²) in [5.41, 5.74) is 0. The van der Waals surface area contributed by atoms with E-state index in [1.165, 1.54) is 6.07 Å². The van der Waals surface area contributed by atoms with Gasteiger partial charge in [-0.3, -0.25) is 0 Å². The van der Waals surface area contributed by atoms with Crippen LogP contribution in [-0.4, -0.2) is 20.4 Å². The highest BCUT2D eigenvalue weighted by Crippen LogP contribution is 2.49. The van der Waals surface area contributed by atoms with Gasteiger partial charge in [0.2, 0.25) is 0 Å². The molecule has 0 saturated heterocycles. The van der Waals surface area contributed by atoms with Crippen molar-refractivity contribution < 1.29 is 20.4 Å². The van der Waals surface area contributed by atoms with Crippen LogP contribution in [-0.2, 0) is 0 Å². The fraction of sp³-hybridized carbons (Fsp3) is 0. The van der Waals surface area contributed by atoms with Gasteiger partial charge in [0.05, 0.1) is 0 Å². The highest BCUT2D eigenvalue weighted by molar-refractivity contribution is 6.27. The van der Waals surface area contributed by atoms with Gasteiger partial charge in [-0.25, -0.2) is 0 Å². The van der Waals surface area contributed by atoms with Gasteiger partial charge in [0, 0.05) is 26.9 Å². The van der Waals surface area contributed by atoms with Crippen molar-refractivity contribution in [3.63, 3.8) is 0 Å². The Balaban J connectivity index is 2.50. The summed E-state index contributed by atoms with van der Waals surface area (Å²) >= 11 is 0. The average molecular weight is 266 g/mol. The molecule has 0 amide bonds. The summed E-state index contributed by atoms with van der Waals surface area (Å²) < 4.78 is 0. The van der Waals surface area contributed by atoms with Crippen molar-refractivity contribution in [2.75, 3.05) is 0 Å². The molecule has 4 N–H and O–H groups in total. The molecule has 4 nitrogen and oxygen atoms in total. The van der Waals surface area contributed by atoms with Gasteiger partial charge >= 0.3 is 0 Å². The molecule has 0 atom stereocenters. The van der Waals surface area contributed by atoms with Gasteiger partial charge in [-0.1, -0.05) is 24.3 Å². The van der Waals surface area contributed by atoms with Crippen molar-refractivity contribution >= 4 is 32.3 Å². The molecule has 0 aliphatic heterocycles. The molecule has 98 valence electrons. The molecular weight excluding hydrogens is 256 g/mol. The second kappa shape index (κ2) is 3.36. The molecule has 0 aromatic heterocycles. The monoisotopic (exact) mass is 266 g/mol. The van der Waals surface area contributed by atoms with E-state index < -0.39 is 0 Å². The topological polar surface area (TPSA) is 80.9 Å². The van der Waals surface area contributed by atoms with Crippen LogP contribution in [0.15, 0.2) is 36.4 Å². The van der Waals surface area contributed by atoms with Crippen molar-refractivity contribution in [1.29, 1.82) is 0 Å². The number of aromatic hydroxyl groups is 4. The smallest absolute Gasteiger partial charge is 0.166 e. The number of phenols is 4. The predicted octanol–water partition coefficient (Wildman–Crippen LogP) is 3.41. The molecule has 4 heteroatoms. The van der Waals surface area contributed by atoms with Crippen LogP contribution in [0, 0.1) is 0 Å². The molecule has 0 saturated carbocycles. The SMILES string of the molecule is Oc1cc2c(O)c(O)c3cccc4ccc(c1O)c2c43. The van der Waals surface area contributed by atoms with E-state index in [1.807, 2.05) is 6.07 Å². The fourth-order valence-corrected chi connectivity index (χ4v) is 2.91. The number of phenolic OH excluding ortho intramolecular Hbond substituents is 4. The van der Waals surface area contributed by atoms with Gasteiger partial charge < -0.3 is 20.4 Å². The van der Waals surface area contributed by atoms with Crippen molar-refractivity contribution in [2.45, 2.75) is 0 Å². The highest BCUT2D eigenvalue weighted by Gasteiger charge is 2.19. The van der Waals surface area contributed by atoms with Gasteiger partial charge in [-0.2, -0.15) is 0 Å². The minimum atomic E-state index is -0.328. The molecule has 4 aromatic rings. The third kappa shape index (κ3) is 1.11. The van der Waals surface area contributed by atoms with Gasteiger partial charge in [-0.05, 0) is 17.5 Å². The summed E-state index contributed by atoms with van der Waals surface area (Å²) in [6, 6.07) is 10.1. The maximum atomic E-state index is 10.1. The van der Waals surface area contributed by atoms with E-state index in [0.29, 0.717) is 21.5 Å². The summed E-state index contributed by atoms with van der Waals surface area (Å²) in [5.74, 6) is -1.07. The molecule has 4 rings (SSSR count). The molecule has 0 fully saturated rings. The summed E-state index contributed by atoms with van der Waals surface area (Å²) in [6.45, 7) is 0. The zero-order valence-electron chi connectivity index (χ0n) is 10.3. The first-order chi connectivity index (χ1) is 9.59. The number of hydrogen-bond donors (Lipinski definition) is 4. The summed E-state index contributed by atoms with van der Waals surface area (Å²) in [4.78, 5) is 0. The first kappa shape index (κ1) is 11.0. The molecule has 0 unspecified atom stereocenters. The molecule has 0 radical (unpaired) electrons. The van der Waals surface area contributed by atoms with Crippen molar-refractivity contribution in [3.8, 4) is 23.0 Å². The number of benzene rings is 4. The first-order valence-corrected chi connectivity index (χ1v) is 6.13. The molecule has 0 spiro atoms. The summed E-state index contributed by atoms with van der Waals surface area (Å²) in [5, 5.41) is 43.6. The standard InChI is InChI=1S/C16H10O4/c17-11-6-10-13-9(14(11)18)5-4-7-2-1-3-8(12(7)13)15(19)16(10)20/h1-6,17-20H. The maximum Gasteiger partial charge on any atom is 0.166 e. The van der Waals surface area contributed by atoms with E-state index in [4.69, 9.17) is 0 Å². The van der Waals surface area contributed by atoms with Gasteiger partial charge in [0.15, 0.2) is 23.0 Å². The van der Waals surface area contributed by atoms with E-state index in [0.717, 1.165) is 10.8 Å². The lowest BCUT2D eigenvalue weighted by molar-refractivity contribution is 0.405. The highest BCUT2D eigenvalue weighted by atomic mass is 16.3. The van der Waals surface area contributed by atoms with Gasteiger partial charge in [0.25, 0.3) is 0 Å². The Hall–Kier alpha value is -2.88. The quantitative estimate of drug-likeness (QED) is 0.290. The predicted molar refractivity (Wildman–Crippen MR) is 76.8 cm³/mol. The Morgan fingerprint density at radius 1 is 0.600 bits per heavy atom. The third-order valence-corrected chi connectivity index (χ3v) is 3.83. The largest absolute Gasteiger partial charge is 0.504 e. The van der Waals surface area contributed by atoms with Crippen molar-refractivity contribution in [1.82, 2.24) is 0 Å². The Kier molecular flexibility index (Phi) is 1.85. The van der Waals surface area contributed by atoms with Crippen LogP contribution in [0.25, 0.3) is 32.3 Å². The molecule has 0 aliphatic rings. The zero-order valence-corrected chi connectivity index (χ0v) is 10.3. The lowest BCUT2D eigenvalue weighted by atomic mass is 9.92. The molecule has 0 bridgehead atoms. The number of rotatable bonds is 0. The van der Waals surface area contributed by atoms with Crippen LogP contribution >= 0.6 is 0 Å². The number of hydrogen-bond acceptors (Lipinski definition) is 4. The van der Waals surface area contributed by atoms with Crippen LogP contribution in [0.1, 0.15) is 0 Å². The molecule has 0 heterocycles. The second-order valence-electron chi connectivity index (χ2n) is 4.88. The van der Waals surface area contributed by atoms with Crippen LogP contribution in [0.2, 0.25) is 0 Å². The Labute approximate surface area is 113 Å². The molecular formula is C16H10O4. The Morgan fingerprint density at radius 2 is 1.30 bits per heavy atom. The summed E-state index contributed by atoms with van der Waals surface area (Å²) in [6.07, 6.45) is 0. The van der Waals surface area contributed by atoms with E-state index in [1.54, 1.807) is 24.3 Å². The van der Waals surface area contributed by atoms with Crippen LogP contribution in [0.5, 0.6) is 23.0 Å². The van der Waals surface area contributed by atoms with Crippen molar-refractivity contribution in [3.05, 3.63) is 36.4 Å². The Bertz CT molecular complexity index is 988. The first-order valence-electron chi connectivity index (χ1n) is 6.13. The van der Waals surface area contributed by atoms with E-state index in [9.17, 15) is 20.4 Å². The third-order valence-electron chi connectivity index (χ3n) is 3.83. The lowest BCUT2D eigenvalue weighted by Crippen LogP contribution is -1.86. The zero-order chi connectivity index (χ0) is 14.0. The Morgan fingerprint density at radius 3 is 2.10 bits per heavy atom. The fourth-order valence-electron chi connectivity index (χ4n) is 2.91.